The molecular weight excluding hydrogens is 358 g/mol. The van der Waals surface area contributed by atoms with Crippen LogP contribution in [0.2, 0.25) is 0 Å². The summed E-state index contributed by atoms with van der Waals surface area (Å²) in [6.45, 7) is 6.06. The van der Waals surface area contributed by atoms with Gasteiger partial charge in [0.1, 0.15) is 0 Å². The number of nitrogens with zero attached hydrogens (tertiary/aromatic N) is 1. The van der Waals surface area contributed by atoms with Crippen molar-refractivity contribution in [3.8, 4) is 0 Å². The van der Waals surface area contributed by atoms with Gasteiger partial charge in [0.25, 0.3) is 11.8 Å². The van der Waals surface area contributed by atoms with Crippen LogP contribution in [0.25, 0.3) is 0 Å². The van der Waals surface area contributed by atoms with Crippen LogP contribution < -0.4 is 10.7 Å². The Hall–Kier alpha value is -3.48. The van der Waals surface area contributed by atoms with Crippen molar-refractivity contribution in [3.05, 3.63) is 70.8 Å². The van der Waals surface area contributed by atoms with E-state index >= 15 is 0 Å². The van der Waals surface area contributed by atoms with E-state index in [0.717, 1.165) is 5.56 Å². The second-order valence-corrected chi connectivity index (χ2v) is 7.23. The molecule has 0 saturated heterocycles. The molecule has 2 amide bonds. The largest absolute Gasteiger partial charge is 0.478 e. The Morgan fingerprint density at radius 1 is 0.964 bits per heavy atom. The minimum Gasteiger partial charge on any atom is -0.478 e. The van der Waals surface area contributed by atoms with E-state index in [4.69, 9.17) is 5.11 Å². The van der Waals surface area contributed by atoms with E-state index in [-0.39, 0.29) is 23.4 Å². The number of aromatic carboxylic acids is 1. The molecule has 0 aliphatic rings. The number of rotatable bonds is 6. The summed E-state index contributed by atoms with van der Waals surface area (Å²) in [7, 11) is 0. The molecular formula is C21H23N3O4. The van der Waals surface area contributed by atoms with Gasteiger partial charge in [-0.05, 0) is 40.8 Å². The number of amides is 2. The van der Waals surface area contributed by atoms with E-state index in [9.17, 15) is 14.4 Å². The van der Waals surface area contributed by atoms with Crippen LogP contribution in [0, 0.1) is 0 Å². The van der Waals surface area contributed by atoms with E-state index < -0.39 is 11.9 Å². The first-order valence-corrected chi connectivity index (χ1v) is 8.71. The van der Waals surface area contributed by atoms with Crippen molar-refractivity contribution in [1.29, 1.82) is 0 Å². The van der Waals surface area contributed by atoms with Crippen molar-refractivity contribution in [2.45, 2.75) is 26.2 Å². The number of hydrogen-bond donors (Lipinski definition) is 3. The van der Waals surface area contributed by atoms with Crippen LogP contribution in [0.3, 0.4) is 0 Å². The fraction of sp³-hybridized carbons (Fsp3) is 0.238. The molecule has 0 aliphatic carbocycles. The number of hydrogen-bond acceptors (Lipinski definition) is 4. The van der Waals surface area contributed by atoms with Crippen molar-refractivity contribution < 1.29 is 19.5 Å². The van der Waals surface area contributed by atoms with Crippen molar-refractivity contribution in [2.24, 2.45) is 5.10 Å². The van der Waals surface area contributed by atoms with Crippen LogP contribution >= 0.6 is 0 Å². The molecule has 7 heteroatoms. The van der Waals surface area contributed by atoms with E-state index in [1.807, 2.05) is 12.1 Å². The summed E-state index contributed by atoms with van der Waals surface area (Å²) in [5.41, 5.74) is 4.70. The van der Waals surface area contributed by atoms with Gasteiger partial charge in [0.2, 0.25) is 0 Å². The molecule has 0 saturated carbocycles. The minimum atomic E-state index is -1.01. The summed E-state index contributed by atoms with van der Waals surface area (Å²) in [5.74, 6) is -1.83. The number of carboxylic acid groups (broad SMARTS) is 1. The summed E-state index contributed by atoms with van der Waals surface area (Å²) in [6.07, 6.45) is 1.39. The predicted molar refractivity (Wildman–Crippen MR) is 107 cm³/mol. The van der Waals surface area contributed by atoms with Gasteiger partial charge in [0.05, 0.1) is 18.3 Å². The average Bonchev–Trinajstić information content (AvgIpc) is 2.66. The summed E-state index contributed by atoms with van der Waals surface area (Å²) < 4.78 is 0. The highest BCUT2D eigenvalue weighted by molar-refractivity contribution is 5.96. The first-order chi connectivity index (χ1) is 13.2. The van der Waals surface area contributed by atoms with E-state index in [2.05, 4.69) is 36.6 Å². The third-order valence-electron chi connectivity index (χ3n) is 3.98. The van der Waals surface area contributed by atoms with Crippen LogP contribution in [-0.2, 0) is 10.2 Å². The molecule has 3 N–H and O–H groups in total. The third-order valence-corrected chi connectivity index (χ3v) is 3.98. The Kier molecular flexibility index (Phi) is 6.65. The van der Waals surface area contributed by atoms with E-state index in [1.165, 1.54) is 18.3 Å². The molecule has 0 spiro atoms. The Balaban J connectivity index is 1.81. The molecule has 2 aromatic carbocycles. The molecule has 2 aromatic rings. The molecule has 146 valence electrons. The second-order valence-electron chi connectivity index (χ2n) is 7.23. The van der Waals surface area contributed by atoms with Gasteiger partial charge >= 0.3 is 5.97 Å². The third kappa shape index (κ3) is 6.05. The standard InChI is InChI=1S/C21H23N3O4/c1-21(2,3)17-10-8-15(9-11-17)19(26)22-13-18(25)24-23-12-14-4-6-16(7-5-14)20(27)28/h4-12H,13H2,1-3H3,(H,22,26)(H,24,25)(H,27,28). The Bertz CT molecular complexity index is 879. The summed E-state index contributed by atoms with van der Waals surface area (Å²) >= 11 is 0. The second kappa shape index (κ2) is 8.94. The lowest BCUT2D eigenvalue weighted by Gasteiger charge is -2.19. The van der Waals surface area contributed by atoms with E-state index in [0.29, 0.717) is 11.1 Å². The number of nitrogens with one attached hydrogen (secondary N) is 2. The van der Waals surface area contributed by atoms with Gasteiger partial charge < -0.3 is 10.4 Å². The highest BCUT2D eigenvalue weighted by atomic mass is 16.4. The van der Waals surface area contributed by atoms with Crippen LogP contribution in [0.4, 0.5) is 0 Å². The first kappa shape index (κ1) is 20.8. The maximum absolute atomic E-state index is 12.1. The summed E-state index contributed by atoms with van der Waals surface area (Å²) in [5, 5.41) is 15.2. The van der Waals surface area contributed by atoms with Crippen molar-refractivity contribution in [3.63, 3.8) is 0 Å². The smallest absolute Gasteiger partial charge is 0.335 e. The Labute approximate surface area is 163 Å². The highest BCUT2D eigenvalue weighted by Gasteiger charge is 2.14. The maximum Gasteiger partial charge on any atom is 0.335 e. The average molecular weight is 381 g/mol. The summed E-state index contributed by atoms with van der Waals surface area (Å²) in [6, 6.07) is 13.3. The fourth-order valence-electron chi connectivity index (χ4n) is 2.31. The van der Waals surface area contributed by atoms with Gasteiger partial charge in [-0.15, -0.1) is 0 Å². The molecule has 7 nitrogen and oxygen atoms in total. The normalized spacial score (nSPS) is 11.2. The number of hydrazone groups is 1. The maximum atomic E-state index is 12.1. The van der Waals surface area contributed by atoms with Gasteiger partial charge in [-0.2, -0.15) is 5.10 Å². The first-order valence-electron chi connectivity index (χ1n) is 8.71. The quantitative estimate of drug-likeness (QED) is 0.528. The molecule has 0 heterocycles. The molecule has 0 atom stereocenters. The predicted octanol–water partition coefficient (Wildman–Crippen LogP) is 2.56. The highest BCUT2D eigenvalue weighted by Crippen LogP contribution is 2.22. The van der Waals surface area contributed by atoms with Crippen molar-refractivity contribution >= 4 is 24.0 Å². The minimum absolute atomic E-state index is 0.000835. The number of benzene rings is 2. The monoisotopic (exact) mass is 381 g/mol. The lowest BCUT2D eigenvalue weighted by atomic mass is 9.87. The molecule has 0 bridgehead atoms. The Morgan fingerprint density at radius 3 is 2.07 bits per heavy atom. The van der Waals surface area contributed by atoms with Gasteiger partial charge in [-0.1, -0.05) is 45.0 Å². The van der Waals surface area contributed by atoms with Gasteiger partial charge in [-0.3, -0.25) is 9.59 Å². The molecule has 0 radical (unpaired) electrons. The Morgan fingerprint density at radius 2 is 1.54 bits per heavy atom. The zero-order chi connectivity index (χ0) is 20.7. The van der Waals surface area contributed by atoms with Crippen LogP contribution in [0.1, 0.15) is 52.6 Å². The van der Waals surface area contributed by atoms with Crippen molar-refractivity contribution in [1.82, 2.24) is 10.7 Å². The zero-order valence-electron chi connectivity index (χ0n) is 16.0. The lowest BCUT2D eigenvalue weighted by molar-refractivity contribution is -0.120. The SMILES string of the molecule is CC(C)(C)c1ccc(C(=O)NCC(=O)NN=Cc2ccc(C(=O)O)cc2)cc1. The van der Waals surface area contributed by atoms with Crippen molar-refractivity contribution in [2.75, 3.05) is 6.54 Å². The van der Waals surface area contributed by atoms with Gasteiger partial charge in [0, 0.05) is 5.56 Å². The van der Waals surface area contributed by atoms with Gasteiger partial charge in [-0.25, -0.2) is 10.2 Å². The summed E-state index contributed by atoms with van der Waals surface area (Å²) in [4.78, 5) is 34.7. The fourth-order valence-corrected chi connectivity index (χ4v) is 2.31. The van der Waals surface area contributed by atoms with Crippen LogP contribution in [-0.4, -0.2) is 35.6 Å². The molecule has 0 aromatic heterocycles. The number of carbonyl (C=O) groups excluding carboxylic acids is 2. The van der Waals surface area contributed by atoms with Crippen LogP contribution in [0.15, 0.2) is 53.6 Å². The topological polar surface area (TPSA) is 108 Å². The molecule has 0 unspecified atom stereocenters. The molecule has 0 fully saturated rings. The molecule has 28 heavy (non-hydrogen) atoms. The lowest BCUT2D eigenvalue weighted by Crippen LogP contribution is -2.34. The van der Waals surface area contributed by atoms with Gasteiger partial charge in [0.15, 0.2) is 0 Å². The number of carboxylic acids is 1. The van der Waals surface area contributed by atoms with Crippen LogP contribution in [0.5, 0.6) is 0 Å². The molecule has 2 rings (SSSR count). The van der Waals surface area contributed by atoms with E-state index in [1.54, 1.807) is 24.3 Å². The molecule has 0 aliphatic heterocycles. The zero-order valence-corrected chi connectivity index (χ0v) is 16.0. The number of carbonyl (C=O) groups is 3.